The van der Waals surface area contributed by atoms with Crippen molar-refractivity contribution in [2.24, 2.45) is 5.73 Å². The molecule has 0 bridgehead atoms. The molecular formula is C10H26BNO. The van der Waals surface area contributed by atoms with Crippen molar-refractivity contribution >= 4 is 6.71 Å². The zero-order valence-electron chi connectivity index (χ0n) is 9.97. The van der Waals surface area contributed by atoms with E-state index >= 15 is 0 Å². The first-order chi connectivity index (χ1) is 6.15. The fraction of sp³-hybridized carbons (Fsp3) is 1.00. The lowest BCUT2D eigenvalue weighted by Gasteiger charge is -2.01. The molecule has 0 aliphatic carbocycles. The standard InChI is InChI=1S/C6H15B.C4H11NO/c1-4-7(5-2)6-3;1-3-4(5)6-2/h4-6H2,1-3H3;4H,3,5H2,1-2H3. The van der Waals surface area contributed by atoms with E-state index in [1.165, 1.54) is 19.0 Å². The zero-order chi connectivity index (χ0) is 10.7. The van der Waals surface area contributed by atoms with E-state index in [1.807, 2.05) is 6.92 Å². The molecule has 0 aromatic carbocycles. The minimum atomic E-state index is -0.0648. The molecule has 3 heteroatoms. The van der Waals surface area contributed by atoms with Crippen LogP contribution < -0.4 is 5.73 Å². The summed E-state index contributed by atoms with van der Waals surface area (Å²) in [5.41, 5.74) is 5.25. The van der Waals surface area contributed by atoms with E-state index in [9.17, 15) is 0 Å². The van der Waals surface area contributed by atoms with Crippen LogP contribution in [-0.2, 0) is 4.74 Å². The van der Waals surface area contributed by atoms with E-state index in [1.54, 1.807) is 7.11 Å². The number of rotatable bonds is 5. The molecular weight excluding hydrogens is 161 g/mol. The van der Waals surface area contributed by atoms with Crippen LogP contribution in [0.3, 0.4) is 0 Å². The molecule has 0 spiro atoms. The Morgan fingerprint density at radius 3 is 1.46 bits per heavy atom. The summed E-state index contributed by atoms with van der Waals surface area (Å²) in [6.07, 6.45) is 4.88. The molecule has 2 nitrogen and oxygen atoms in total. The van der Waals surface area contributed by atoms with E-state index in [2.05, 4.69) is 25.5 Å². The van der Waals surface area contributed by atoms with E-state index < -0.39 is 0 Å². The molecule has 0 aliphatic heterocycles. The summed E-state index contributed by atoms with van der Waals surface area (Å²) in [5, 5.41) is 0. The molecule has 0 aliphatic rings. The van der Waals surface area contributed by atoms with Crippen LogP contribution >= 0.6 is 0 Å². The summed E-state index contributed by atoms with van der Waals surface area (Å²) in [5.74, 6) is 0. The maximum absolute atomic E-state index is 5.25. The lowest BCUT2D eigenvalue weighted by atomic mass is 9.44. The van der Waals surface area contributed by atoms with Crippen LogP contribution in [0.4, 0.5) is 0 Å². The third-order valence-corrected chi connectivity index (χ3v) is 2.44. The summed E-state index contributed by atoms with van der Waals surface area (Å²) in [7, 11) is 1.61. The Balaban J connectivity index is 0. The van der Waals surface area contributed by atoms with Gasteiger partial charge >= 0.3 is 0 Å². The molecule has 0 saturated carbocycles. The first-order valence-corrected chi connectivity index (χ1v) is 5.44. The summed E-state index contributed by atoms with van der Waals surface area (Å²) in [6, 6.07) is 0. The van der Waals surface area contributed by atoms with Crippen molar-refractivity contribution in [3.63, 3.8) is 0 Å². The van der Waals surface area contributed by atoms with Gasteiger partial charge in [0, 0.05) is 7.11 Å². The number of nitrogens with two attached hydrogens (primary N) is 1. The first-order valence-electron chi connectivity index (χ1n) is 5.44. The van der Waals surface area contributed by atoms with Crippen molar-refractivity contribution in [2.75, 3.05) is 7.11 Å². The Bertz CT molecular complexity index is 77.5. The van der Waals surface area contributed by atoms with Crippen molar-refractivity contribution in [1.29, 1.82) is 0 Å². The Kier molecular flexibility index (Phi) is 14.2. The third kappa shape index (κ3) is 12.0. The van der Waals surface area contributed by atoms with Crippen LogP contribution in [0.2, 0.25) is 19.0 Å². The van der Waals surface area contributed by atoms with E-state index in [-0.39, 0.29) is 6.23 Å². The summed E-state index contributed by atoms with van der Waals surface area (Å²) < 4.78 is 4.68. The van der Waals surface area contributed by atoms with Gasteiger partial charge in [0.2, 0.25) is 0 Å². The summed E-state index contributed by atoms with van der Waals surface area (Å²) in [4.78, 5) is 0. The van der Waals surface area contributed by atoms with Crippen LogP contribution in [-0.4, -0.2) is 20.1 Å². The van der Waals surface area contributed by atoms with Crippen LogP contribution in [0, 0.1) is 0 Å². The second kappa shape index (κ2) is 12.0. The average Bonchev–Trinajstić information content (AvgIpc) is 2.20. The monoisotopic (exact) mass is 187 g/mol. The van der Waals surface area contributed by atoms with Crippen LogP contribution in [0.5, 0.6) is 0 Å². The van der Waals surface area contributed by atoms with E-state index in [4.69, 9.17) is 5.73 Å². The molecule has 0 amide bonds. The fourth-order valence-electron chi connectivity index (χ4n) is 1.03. The van der Waals surface area contributed by atoms with Crippen molar-refractivity contribution in [3.8, 4) is 0 Å². The van der Waals surface area contributed by atoms with Crippen molar-refractivity contribution in [2.45, 2.75) is 59.3 Å². The molecule has 2 N–H and O–H groups in total. The predicted molar refractivity (Wildman–Crippen MR) is 62.5 cm³/mol. The minimum Gasteiger partial charge on any atom is -0.367 e. The summed E-state index contributed by atoms with van der Waals surface area (Å²) >= 11 is 0. The quantitative estimate of drug-likeness (QED) is 0.530. The maximum Gasteiger partial charge on any atom is 0.139 e. The van der Waals surface area contributed by atoms with Gasteiger partial charge in [0.05, 0.1) is 0 Å². The molecule has 0 radical (unpaired) electrons. The highest BCUT2D eigenvalue weighted by molar-refractivity contribution is 6.58. The molecule has 0 fully saturated rings. The highest BCUT2D eigenvalue weighted by Crippen LogP contribution is 2.01. The van der Waals surface area contributed by atoms with E-state index in [0.717, 1.165) is 13.1 Å². The molecule has 0 saturated heterocycles. The van der Waals surface area contributed by atoms with Gasteiger partial charge < -0.3 is 10.5 Å². The lowest BCUT2D eigenvalue weighted by molar-refractivity contribution is 0.105. The molecule has 0 rings (SSSR count). The lowest BCUT2D eigenvalue weighted by Crippen LogP contribution is -2.19. The second-order valence-electron chi connectivity index (χ2n) is 3.27. The van der Waals surface area contributed by atoms with E-state index in [0.29, 0.717) is 0 Å². The Hall–Kier alpha value is -0.0151. The SMILES string of the molecule is CCB(CC)CC.CCC(N)OC. The number of ether oxygens (including phenoxy) is 1. The van der Waals surface area contributed by atoms with Crippen LogP contribution in [0.1, 0.15) is 34.1 Å². The maximum atomic E-state index is 5.25. The Morgan fingerprint density at radius 1 is 1.08 bits per heavy atom. The normalized spacial score (nSPS) is 11.5. The number of hydrogen-bond acceptors (Lipinski definition) is 2. The number of methoxy groups -OCH3 is 1. The van der Waals surface area contributed by atoms with Crippen molar-refractivity contribution in [3.05, 3.63) is 0 Å². The molecule has 0 aromatic rings. The Morgan fingerprint density at radius 2 is 1.46 bits per heavy atom. The molecule has 1 unspecified atom stereocenters. The second-order valence-corrected chi connectivity index (χ2v) is 3.27. The van der Waals surface area contributed by atoms with Gasteiger partial charge in [0.25, 0.3) is 0 Å². The van der Waals surface area contributed by atoms with Gasteiger partial charge in [-0.1, -0.05) is 46.7 Å². The van der Waals surface area contributed by atoms with Crippen LogP contribution in [0.25, 0.3) is 0 Å². The van der Waals surface area contributed by atoms with Gasteiger partial charge in [0.1, 0.15) is 12.9 Å². The first kappa shape index (κ1) is 15.5. The highest BCUT2D eigenvalue weighted by Gasteiger charge is 2.01. The van der Waals surface area contributed by atoms with Gasteiger partial charge in [-0.2, -0.15) is 0 Å². The number of hydrogen-bond donors (Lipinski definition) is 1. The third-order valence-electron chi connectivity index (χ3n) is 2.44. The average molecular weight is 187 g/mol. The fourth-order valence-corrected chi connectivity index (χ4v) is 1.03. The smallest absolute Gasteiger partial charge is 0.139 e. The van der Waals surface area contributed by atoms with Crippen molar-refractivity contribution < 1.29 is 4.74 Å². The van der Waals surface area contributed by atoms with Gasteiger partial charge in [-0.15, -0.1) is 0 Å². The van der Waals surface area contributed by atoms with Gasteiger partial charge in [-0.05, 0) is 6.42 Å². The zero-order valence-corrected chi connectivity index (χ0v) is 9.97. The van der Waals surface area contributed by atoms with Gasteiger partial charge in [-0.3, -0.25) is 0 Å². The highest BCUT2D eigenvalue weighted by atomic mass is 16.5. The minimum absolute atomic E-state index is 0.0648. The van der Waals surface area contributed by atoms with Crippen LogP contribution in [0.15, 0.2) is 0 Å². The molecule has 1 atom stereocenters. The predicted octanol–water partition coefficient (Wildman–Crippen LogP) is 2.87. The topological polar surface area (TPSA) is 35.2 Å². The van der Waals surface area contributed by atoms with Crippen molar-refractivity contribution in [1.82, 2.24) is 0 Å². The molecule has 80 valence electrons. The summed E-state index contributed by atoms with van der Waals surface area (Å²) in [6.45, 7) is 9.75. The van der Waals surface area contributed by atoms with Gasteiger partial charge in [0.15, 0.2) is 0 Å². The Labute approximate surface area is 84.3 Å². The molecule has 0 aromatic heterocycles. The van der Waals surface area contributed by atoms with Gasteiger partial charge in [-0.25, -0.2) is 0 Å². The molecule has 0 heterocycles. The molecule has 13 heavy (non-hydrogen) atoms. The largest absolute Gasteiger partial charge is 0.367 e.